The molecule has 0 aliphatic carbocycles. The average molecular weight is 496 g/mol. The molecule has 0 radical (unpaired) electrons. The molecule has 26 heavy (non-hydrogen) atoms. The van der Waals surface area contributed by atoms with E-state index in [2.05, 4.69) is 32.9 Å². The maximum atomic E-state index is 5.76. The molecule has 0 aromatic carbocycles. The van der Waals surface area contributed by atoms with Crippen molar-refractivity contribution in [3.8, 4) is 0 Å². The van der Waals surface area contributed by atoms with Gasteiger partial charge in [-0.1, -0.05) is 0 Å². The minimum atomic E-state index is 0. The van der Waals surface area contributed by atoms with Gasteiger partial charge in [0.25, 0.3) is 0 Å². The van der Waals surface area contributed by atoms with Crippen molar-refractivity contribution in [3.63, 3.8) is 0 Å². The number of rotatable bonds is 11. The highest BCUT2D eigenvalue weighted by Crippen LogP contribution is 2.11. The van der Waals surface area contributed by atoms with Crippen LogP contribution in [0.1, 0.15) is 43.3 Å². The maximum absolute atomic E-state index is 5.76. The second-order valence-corrected chi connectivity index (χ2v) is 7.18. The molecule has 1 fully saturated rings. The first kappa shape index (κ1) is 23.6. The lowest BCUT2D eigenvalue weighted by Crippen LogP contribution is -2.38. The van der Waals surface area contributed by atoms with Gasteiger partial charge in [-0.05, 0) is 46.0 Å². The maximum Gasteiger partial charge on any atom is 0.191 e. The van der Waals surface area contributed by atoms with Crippen LogP contribution in [0.2, 0.25) is 0 Å². The van der Waals surface area contributed by atoms with Gasteiger partial charge in [-0.25, -0.2) is 4.98 Å². The van der Waals surface area contributed by atoms with Crippen molar-refractivity contribution in [3.05, 3.63) is 16.1 Å². The summed E-state index contributed by atoms with van der Waals surface area (Å²) in [5.74, 6) is 0.900. The second kappa shape index (κ2) is 14.6. The number of halogens is 1. The Hall–Kier alpha value is -0.450. The highest BCUT2D eigenvalue weighted by Gasteiger charge is 2.15. The Bertz CT molecular complexity index is 507. The summed E-state index contributed by atoms with van der Waals surface area (Å²) in [6, 6.07) is 0. The van der Waals surface area contributed by atoms with E-state index in [1.165, 1.54) is 5.01 Å². The highest BCUT2D eigenvalue weighted by atomic mass is 127. The molecule has 1 aromatic rings. The normalized spacial score (nSPS) is 17.2. The van der Waals surface area contributed by atoms with Crippen LogP contribution in [0.4, 0.5) is 0 Å². The number of thiazole rings is 1. The molecule has 2 N–H and O–H groups in total. The smallest absolute Gasteiger partial charge is 0.191 e. The van der Waals surface area contributed by atoms with Crippen molar-refractivity contribution in [1.82, 2.24) is 15.6 Å². The number of guanidine groups is 1. The van der Waals surface area contributed by atoms with Gasteiger partial charge in [-0.3, -0.25) is 4.99 Å². The molecular weight excluding hydrogens is 463 g/mol. The molecule has 0 spiro atoms. The fourth-order valence-corrected chi connectivity index (χ4v) is 3.44. The summed E-state index contributed by atoms with van der Waals surface area (Å²) in [6.45, 7) is 9.06. The number of hydrogen-bond donors (Lipinski definition) is 2. The van der Waals surface area contributed by atoms with Crippen molar-refractivity contribution in [2.24, 2.45) is 4.99 Å². The van der Waals surface area contributed by atoms with Crippen molar-refractivity contribution in [2.45, 2.75) is 52.1 Å². The third kappa shape index (κ3) is 10.0. The number of aromatic nitrogens is 1. The van der Waals surface area contributed by atoms with E-state index in [1.54, 1.807) is 11.3 Å². The van der Waals surface area contributed by atoms with Crippen LogP contribution >= 0.6 is 35.3 Å². The Morgan fingerprint density at radius 1 is 1.38 bits per heavy atom. The number of unbranched alkanes of at least 4 members (excludes halogenated alkanes) is 1. The van der Waals surface area contributed by atoms with Gasteiger partial charge >= 0.3 is 0 Å². The summed E-state index contributed by atoms with van der Waals surface area (Å²) in [6.07, 6.45) is 5.59. The predicted molar refractivity (Wildman–Crippen MR) is 119 cm³/mol. The SMILES string of the molecule is CCNC(=NCCCOC1CCOC1)NCCCCc1nc(C)cs1.I. The standard InChI is InChI=1S/C18H32N4O2S.HI/c1-3-19-18(21-10-6-11-24-16-8-12-23-13-16)20-9-5-4-7-17-22-15(2)14-25-17;/h14,16H,3-13H2,1-2H3,(H2,19,20,21);1H. The van der Waals surface area contributed by atoms with Gasteiger partial charge in [0, 0.05) is 43.9 Å². The summed E-state index contributed by atoms with van der Waals surface area (Å²) in [7, 11) is 0. The third-order valence-electron chi connectivity index (χ3n) is 3.93. The second-order valence-electron chi connectivity index (χ2n) is 6.24. The Balaban J connectivity index is 0.00000338. The van der Waals surface area contributed by atoms with Crippen LogP contribution in [0.3, 0.4) is 0 Å². The largest absolute Gasteiger partial charge is 0.379 e. The number of ether oxygens (including phenoxy) is 2. The van der Waals surface area contributed by atoms with Crippen LogP contribution in [0.15, 0.2) is 10.4 Å². The van der Waals surface area contributed by atoms with Crippen molar-refractivity contribution in [1.29, 1.82) is 0 Å². The van der Waals surface area contributed by atoms with Crippen LogP contribution in [-0.4, -0.2) is 56.5 Å². The van der Waals surface area contributed by atoms with Gasteiger partial charge in [0.05, 0.1) is 17.7 Å². The van der Waals surface area contributed by atoms with E-state index in [0.29, 0.717) is 0 Å². The lowest BCUT2D eigenvalue weighted by atomic mass is 10.2. The van der Waals surface area contributed by atoms with Crippen LogP contribution in [-0.2, 0) is 15.9 Å². The van der Waals surface area contributed by atoms with Crippen molar-refractivity contribution in [2.75, 3.05) is 39.5 Å². The lowest BCUT2D eigenvalue weighted by Gasteiger charge is -2.12. The Morgan fingerprint density at radius 2 is 2.27 bits per heavy atom. The first-order valence-corrected chi connectivity index (χ1v) is 10.3. The molecule has 2 heterocycles. The molecule has 0 bridgehead atoms. The summed E-state index contributed by atoms with van der Waals surface area (Å²) in [5.41, 5.74) is 1.13. The Labute approximate surface area is 178 Å². The molecule has 0 saturated carbocycles. The molecule has 8 heteroatoms. The lowest BCUT2D eigenvalue weighted by molar-refractivity contribution is 0.0424. The zero-order valence-electron chi connectivity index (χ0n) is 16.0. The topological polar surface area (TPSA) is 67.8 Å². The third-order valence-corrected chi connectivity index (χ3v) is 4.96. The van der Waals surface area contributed by atoms with Crippen molar-refractivity contribution < 1.29 is 9.47 Å². The molecule has 6 nitrogen and oxygen atoms in total. The molecule has 2 rings (SSSR count). The summed E-state index contributed by atoms with van der Waals surface area (Å²) in [4.78, 5) is 9.11. The van der Waals surface area contributed by atoms with Gasteiger partial charge in [-0.15, -0.1) is 35.3 Å². The first-order chi connectivity index (χ1) is 12.3. The molecule has 1 atom stereocenters. The molecule has 1 aliphatic heterocycles. The van der Waals surface area contributed by atoms with E-state index in [-0.39, 0.29) is 30.1 Å². The van der Waals surface area contributed by atoms with Gasteiger partial charge in [0.2, 0.25) is 0 Å². The zero-order chi connectivity index (χ0) is 17.7. The number of nitrogens with one attached hydrogen (secondary N) is 2. The van der Waals surface area contributed by atoms with E-state index < -0.39 is 0 Å². The molecule has 1 unspecified atom stereocenters. The molecular formula is C18H33IN4O2S. The Kier molecular flexibility index (Phi) is 13.2. The van der Waals surface area contributed by atoms with Crippen LogP contribution < -0.4 is 10.6 Å². The minimum absolute atomic E-state index is 0. The average Bonchev–Trinajstić information content (AvgIpc) is 3.26. The van der Waals surface area contributed by atoms with Crippen LogP contribution in [0.5, 0.6) is 0 Å². The van der Waals surface area contributed by atoms with E-state index in [4.69, 9.17) is 9.47 Å². The quantitative estimate of drug-likeness (QED) is 0.213. The molecule has 0 amide bonds. The van der Waals surface area contributed by atoms with Gasteiger partial charge in [-0.2, -0.15) is 0 Å². The minimum Gasteiger partial charge on any atom is -0.379 e. The highest BCUT2D eigenvalue weighted by molar-refractivity contribution is 14.0. The van der Waals surface area contributed by atoms with E-state index in [0.717, 1.165) is 83.2 Å². The van der Waals surface area contributed by atoms with Crippen LogP contribution in [0.25, 0.3) is 0 Å². The summed E-state index contributed by atoms with van der Waals surface area (Å²) in [5, 5.41) is 10.1. The Morgan fingerprint density at radius 3 is 2.96 bits per heavy atom. The monoisotopic (exact) mass is 496 g/mol. The zero-order valence-corrected chi connectivity index (χ0v) is 19.1. The number of nitrogens with zero attached hydrogens (tertiary/aromatic N) is 2. The molecule has 150 valence electrons. The predicted octanol–water partition coefficient (Wildman–Crippen LogP) is 3.14. The van der Waals surface area contributed by atoms with Crippen molar-refractivity contribution >= 4 is 41.3 Å². The fraction of sp³-hybridized carbons (Fsp3) is 0.778. The number of aryl methyl sites for hydroxylation is 2. The number of aliphatic imine (C=N–C) groups is 1. The van der Waals surface area contributed by atoms with E-state index in [9.17, 15) is 0 Å². The first-order valence-electron chi connectivity index (χ1n) is 9.40. The fourth-order valence-electron chi connectivity index (χ4n) is 2.62. The van der Waals surface area contributed by atoms with Crippen LogP contribution in [0, 0.1) is 6.92 Å². The van der Waals surface area contributed by atoms with Gasteiger partial charge in [0.1, 0.15) is 0 Å². The number of hydrogen-bond acceptors (Lipinski definition) is 5. The molecule has 1 aliphatic rings. The van der Waals surface area contributed by atoms with E-state index >= 15 is 0 Å². The van der Waals surface area contributed by atoms with Gasteiger partial charge in [0.15, 0.2) is 5.96 Å². The van der Waals surface area contributed by atoms with Gasteiger partial charge < -0.3 is 20.1 Å². The molecule has 1 aromatic heterocycles. The molecule has 1 saturated heterocycles. The van der Waals surface area contributed by atoms with E-state index in [1.807, 2.05) is 6.92 Å². The summed E-state index contributed by atoms with van der Waals surface area (Å²) >= 11 is 1.76. The summed E-state index contributed by atoms with van der Waals surface area (Å²) < 4.78 is 11.1.